The van der Waals surface area contributed by atoms with Crippen molar-refractivity contribution < 1.29 is 0 Å². The van der Waals surface area contributed by atoms with E-state index < -0.39 is 0 Å². The predicted octanol–water partition coefficient (Wildman–Crippen LogP) is 3.09. The van der Waals surface area contributed by atoms with E-state index in [0.29, 0.717) is 6.04 Å². The van der Waals surface area contributed by atoms with Crippen LogP contribution in [0.2, 0.25) is 0 Å². The van der Waals surface area contributed by atoms with Crippen molar-refractivity contribution in [1.29, 1.82) is 0 Å². The monoisotopic (exact) mass is 185 g/mol. The number of rotatable bonds is 2. The third-order valence-corrected chi connectivity index (χ3v) is 2.62. The summed E-state index contributed by atoms with van der Waals surface area (Å²) in [4.78, 5) is 2.35. The molecule has 1 aromatic rings. The molecule has 1 atom stereocenters. The molecule has 0 aliphatic carbocycles. The van der Waals surface area contributed by atoms with E-state index in [1.807, 2.05) is 6.08 Å². The number of hydrogen-bond acceptors (Lipinski definition) is 1. The number of hydrogen-bond donors (Lipinski definition) is 0. The Balaban J connectivity index is 2.42. The highest BCUT2D eigenvalue weighted by Crippen LogP contribution is 2.28. The topological polar surface area (TPSA) is 3.24 Å². The largest absolute Gasteiger partial charge is 0.361 e. The minimum absolute atomic E-state index is 0.461. The van der Waals surface area contributed by atoms with Gasteiger partial charge in [-0.15, -0.1) is 6.58 Å². The lowest BCUT2D eigenvalue weighted by atomic mass is 10.0. The molecule has 2 rings (SSSR count). The van der Waals surface area contributed by atoms with Crippen LogP contribution in [0.25, 0.3) is 6.08 Å². The van der Waals surface area contributed by atoms with Crippen molar-refractivity contribution in [3.8, 4) is 0 Å². The van der Waals surface area contributed by atoms with Crippen LogP contribution in [-0.2, 0) is 0 Å². The van der Waals surface area contributed by atoms with Crippen LogP contribution < -0.4 is 4.90 Å². The zero-order valence-electron chi connectivity index (χ0n) is 8.48. The van der Waals surface area contributed by atoms with Gasteiger partial charge in [-0.25, -0.2) is 0 Å². The maximum Gasteiger partial charge on any atom is 0.0451 e. The van der Waals surface area contributed by atoms with Gasteiger partial charge in [0.05, 0.1) is 0 Å². The first kappa shape index (κ1) is 9.07. The van der Waals surface area contributed by atoms with Crippen molar-refractivity contribution in [2.75, 3.05) is 11.4 Å². The molecule has 0 spiro atoms. The van der Waals surface area contributed by atoms with Gasteiger partial charge in [-0.05, 0) is 18.6 Å². The summed E-state index contributed by atoms with van der Waals surface area (Å²) in [5, 5.41) is 0. The molecule has 0 bridgehead atoms. The first-order chi connectivity index (χ1) is 6.83. The van der Waals surface area contributed by atoms with E-state index >= 15 is 0 Å². The number of para-hydroxylation sites is 1. The summed E-state index contributed by atoms with van der Waals surface area (Å²) >= 11 is 0. The van der Waals surface area contributed by atoms with Crippen molar-refractivity contribution in [1.82, 2.24) is 0 Å². The van der Waals surface area contributed by atoms with Crippen molar-refractivity contribution in [3.63, 3.8) is 0 Å². The second kappa shape index (κ2) is 3.70. The first-order valence-electron chi connectivity index (χ1n) is 4.97. The summed E-state index contributed by atoms with van der Waals surface area (Å²) in [5.74, 6) is 0. The molecule has 1 heterocycles. The first-order valence-corrected chi connectivity index (χ1v) is 4.97. The molecule has 0 fully saturated rings. The van der Waals surface area contributed by atoms with E-state index in [2.05, 4.69) is 54.8 Å². The fraction of sp³-hybridized carbons (Fsp3) is 0.231. The third kappa shape index (κ3) is 1.46. The van der Waals surface area contributed by atoms with E-state index in [1.165, 1.54) is 11.3 Å². The van der Waals surface area contributed by atoms with Crippen molar-refractivity contribution in [3.05, 3.63) is 48.6 Å². The van der Waals surface area contributed by atoms with Crippen LogP contribution in [0.1, 0.15) is 12.5 Å². The van der Waals surface area contributed by atoms with Crippen molar-refractivity contribution in [2.24, 2.45) is 0 Å². The summed E-state index contributed by atoms with van der Waals surface area (Å²) in [6, 6.07) is 8.93. The van der Waals surface area contributed by atoms with Gasteiger partial charge in [-0.3, -0.25) is 0 Å². The van der Waals surface area contributed by atoms with Gasteiger partial charge in [0.1, 0.15) is 0 Å². The molecular formula is C13H15N. The minimum atomic E-state index is 0.461. The van der Waals surface area contributed by atoms with Crippen LogP contribution in [0, 0.1) is 0 Å². The molecule has 0 saturated carbocycles. The molecule has 14 heavy (non-hydrogen) atoms. The predicted molar refractivity (Wildman–Crippen MR) is 62.5 cm³/mol. The molecule has 0 aromatic heterocycles. The van der Waals surface area contributed by atoms with Crippen LogP contribution in [0.5, 0.6) is 0 Å². The second-order valence-electron chi connectivity index (χ2n) is 3.60. The van der Waals surface area contributed by atoms with Gasteiger partial charge in [0, 0.05) is 18.3 Å². The zero-order chi connectivity index (χ0) is 9.97. The molecule has 1 unspecified atom stereocenters. The standard InChI is InChI=1S/C13H15N/c1-3-10-14-11(2)8-9-12-6-4-5-7-13(12)14/h3-9,11H,1,10H2,2H3. The van der Waals surface area contributed by atoms with Gasteiger partial charge in [-0.2, -0.15) is 0 Å². The van der Waals surface area contributed by atoms with Crippen LogP contribution in [0.4, 0.5) is 5.69 Å². The molecule has 72 valence electrons. The highest BCUT2D eigenvalue weighted by Gasteiger charge is 2.16. The lowest BCUT2D eigenvalue weighted by Crippen LogP contribution is -2.33. The Bertz CT molecular complexity index is 365. The van der Waals surface area contributed by atoms with Crippen LogP contribution in [0.3, 0.4) is 0 Å². The lowest BCUT2D eigenvalue weighted by molar-refractivity contribution is 0.778. The Hall–Kier alpha value is -1.50. The average molecular weight is 185 g/mol. The van der Waals surface area contributed by atoms with Crippen LogP contribution in [0.15, 0.2) is 43.0 Å². The SMILES string of the molecule is C=CCN1c2ccccc2C=CC1C. The quantitative estimate of drug-likeness (QED) is 0.640. The highest BCUT2D eigenvalue weighted by molar-refractivity contribution is 5.72. The van der Waals surface area contributed by atoms with E-state index in [1.54, 1.807) is 0 Å². The summed E-state index contributed by atoms with van der Waals surface area (Å²) in [6.45, 7) is 6.91. The number of nitrogens with zero attached hydrogens (tertiary/aromatic N) is 1. The van der Waals surface area contributed by atoms with Gasteiger partial charge in [0.25, 0.3) is 0 Å². The Kier molecular flexibility index (Phi) is 2.40. The second-order valence-corrected chi connectivity index (χ2v) is 3.60. The number of anilines is 1. The van der Waals surface area contributed by atoms with Gasteiger partial charge in [-0.1, -0.05) is 36.4 Å². The Morgan fingerprint density at radius 2 is 2.21 bits per heavy atom. The van der Waals surface area contributed by atoms with E-state index in [0.717, 1.165) is 6.54 Å². The number of benzene rings is 1. The van der Waals surface area contributed by atoms with Crippen LogP contribution >= 0.6 is 0 Å². The molecule has 1 heteroatoms. The zero-order valence-corrected chi connectivity index (χ0v) is 8.48. The van der Waals surface area contributed by atoms with Gasteiger partial charge < -0.3 is 4.90 Å². The summed E-state index contributed by atoms with van der Waals surface area (Å²) in [5.41, 5.74) is 2.61. The van der Waals surface area contributed by atoms with E-state index in [-0.39, 0.29) is 0 Å². The smallest absolute Gasteiger partial charge is 0.0451 e. The molecule has 0 amide bonds. The molecule has 0 saturated heterocycles. The van der Waals surface area contributed by atoms with Gasteiger partial charge >= 0.3 is 0 Å². The molecule has 1 aliphatic rings. The molecule has 1 aromatic carbocycles. The van der Waals surface area contributed by atoms with Crippen molar-refractivity contribution in [2.45, 2.75) is 13.0 Å². The minimum Gasteiger partial charge on any atom is -0.361 e. The maximum absolute atomic E-state index is 3.80. The third-order valence-electron chi connectivity index (χ3n) is 2.62. The lowest BCUT2D eigenvalue weighted by Gasteiger charge is -2.32. The molecular weight excluding hydrogens is 170 g/mol. The summed E-state index contributed by atoms with van der Waals surface area (Å²) in [6.07, 6.45) is 6.37. The summed E-state index contributed by atoms with van der Waals surface area (Å²) < 4.78 is 0. The Morgan fingerprint density at radius 1 is 1.43 bits per heavy atom. The molecule has 1 aliphatic heterocycles. The Labute approximate surface area is 85.4 Å². The van der Waals surface area contributed by atoms with E-state index in [4.69, 9.17) is 0 Å². The molecule has 0 N–H and O–H groups in total. The van der Waals surface area contributed by atoms with Crippen LogP contribution in [-0.4, -0.2) is 12.6 Å². The number of fused-ring (bicyclic) bond motifs is 1. The fourth-order valence-electron chi connectivity index (χ4n) is 1.86. The highest BCUT2D eigenvalue weighted by atomic mass is 15.2. The normalized spacial score (nSPS) is 19.2. The van der Waals surface area contributed by atoms with Crippen molar-refractivity contribution >= 4 is 11.8 Å². The van der Waals surface area contributed by atoms with Gasteiger partial charge in [0.15, 0.2) is 0 Å². The summed E-state index contributed by atoms with van der Waals surface area (Å²) in [7, 11) is 0. The maximum atomic E-state index is 3.80. The molecule has 0 radical (unpaired) electrons. The van der Waals surface area contributed by atoms with E-state index in [9.17, 15) is 0 Å². The fourth-order valence-corrected chi connectivity index (χ4v) is 1.86. The molecule has 1 nitrogen and oxygen atoms in total. The average Bonchev–Trinajstić information content (AvgIpc) is 2.23. The van der Waals surface area contributed by atoms with Gasteiger partial charge in [0.2, 0.25) is 0 Å². The Morgan fingerprint density at radius 3 is 3.00 bits per heavy atom.